The van der Waals surface area contributed by atoms with E-state index >= 15 is 0 Å². The van der Waals surface area contributed by atoms with Gasteiger partial charge in [-0.2, -0.15) is 0 Å². The fourth-order valence-corrected chi connectivity index (χ4v) is 5.82. The summed E-state index contributed by atoms with van der Waals surface area (Å²) in [6, 6.07) is 10.9. The molecule has 0 radical (unpaired) electrons. The number of rotatable bonds is 9. The fraction of sp³-hybridized carbons (Fsp3) is 0.517. The number of esters is 1. The third-order valence-electron chi connectivity index (χ3n) is 6.79. The number of aliphatic hydroxyl groups is 1. The predicted molar refractivity (Wildman–Crippen MR) is 142 cm³/mol. The minimum absolute atomic E-state index is 0.0243. The summed E-state index contributed by atoms with van der Waals surface area (Å²) in [5.74, 6) is 0.254. The summed E-state index contributed by atoms with van der Waals surface area (Å²) in [4.78, 5) is 27.6. The summed E-state index contributed by atoms with van der Waals surface area (Å²) >= 11 is 1.25. The highest BCUT2D eigenvalue weighted by atomic mass is 32.2. The van der Waals surface area contributed by atoms with Crippen LogP contribution in [-0.4, -0.2) is 46.0 Å². The van der Waals surface area contributed by atoms with Crippen molar-refractivity contribution in [1.82, 2.24) is 0 Å². The van der Waals surface area contributed by atoms with Crippen molar-refractivity contribution in [1.29, 1.82) is 0 Å². The third-order valence-corrected chi connectivity index (χ3v) is 8.07. The molecule has 0 aromatic heterocycles. The zero-order valence-electron chi connectivity index (χ0n) is 22.1. The zero-order chi connectivity index (χ0) is 26.7. The highest BCUT2D eigenvalue weighted by molar-refractivity contribution is 8.01. The molecule has 1 aliphatic heterocycles. The van der Waals surface area contributed by atoms with Crippen LogP contribution in [0.25, 0.3) is 0 Å². The van der Waals surface area contributed by atoms with Gasteiger partial charge in [0.15, 0.2) is 11.0 Å². The number of benzene rings is 2. The minimum Gasteiger partial charge on any atom is -0.508 e. The van der Waals surface area contributed by atoms with Crippen molar-refractivity contribution in [3.05, 3.63) is 53.1 Å². The lowest BCUT2D eigenvalue weighted by molar-refractivity contribution is -0.176. The Morgan fingerprint density at radius 3 is 2.39 bits per heavy atom. The second kappa shape index (κ2) is 11.3. The molecule has 2 atom stereocenters. The van der Waals surface area contributed by atoms with Crippen LogP contribution in [0.3, 0.4) is 0 Å². The van der Waals surface area contributed by atoms with Gasteiger partial charge in [0, 0.05) is 11.3 Å². The Morgan fingerprint density at radius 2 is 1.83 bits per heavy atom. The number of phenolic OH excluding ortho intramolecular Hbond substituents is 1. The summed E-state index contributed by atoms with van der Waals surface area (Å²) in [5, 5.41) is 17.8. The Bertz CT molecular complexity index is 1070. The lowest BCUT2D eigenvalue weighted by Gasteiger charge is -2.41. The van der Waals surface area contributed by atoms with Gasteiger partial charge in [0.1, 0.15) is 23.7 Å². The standard InChI is InChI=1S/C29H38O6S/c1-18(2)29(12-11-20-7-9-21(31)10-8-20)17-23(32)26(27(33)35-29)36-25-15-19(3)24(34-14-13-30)16-22(25)28(4,5)6/h7-10,15-16,18,26,30-31H,11-14,17H2,1-6H3. The fourth-order valence-electron chi connectivity index (χ4n) is 4.47. The Hall–Kier alpha value is -2.51. The Morgan fingerprint density at radius 1 is 1.17 bits per heavy atom. The summed E-state index contributed by atoms with van der Waals surface area (Å²) < 4.78 is 11.8. The average Bonchev–Trinajstić information content (AvgIpc) is 2.79. The molecule has 1 heterocycles. The number of aryl methyl sites for hydroxylation is 2. The lowest BCUT2D eigenvalue weighted by atomic mass is 9.78. The van der Waals surface area contributed by atoms with Gasteiger partial charge in [-0.3, -0.25) is 9.59 Å². The van der Waals surface area contributed by atoms with Crippen LogP contribution in [0.1, 0.15) is 64.2 Å². The maximum Gasteiger partial charge on any atom is 0.327 e. The molecule has 2 aromatic rings. The number of carbonyl (C=O) groups excluding carboxylic acids is 2. The van der Waals surface area contributed by atoms with E-state index in [2.05, 4.69) is 20.8 Å². The smallest absolute Gasteiger partial charge is 0.327 e. The second-order valence-electron chi connectivity index (χ2n) is 10.9. The summed E-state index contributed by atoms with van der Waals surface area (Å²) in [5.41, 5.74) is 1.76. The number of hydrogen-bond acceptors (Lipinski definition) is 7. The summed E-state index contributed by atoms with van der Waals surface area (Å²) in [6.07, 6.45) is 1.35. The maximum absolute atomic E-state index is 13.4. The van der Waals surface area contributed by atoms with E-state index in [1.54, 1.807) is 12.1 Å². The SMILES string of the molecule is Cc1cc(SC2C(=O)CC(CCc3ccc(O)cc3)(C(C)C)OC2=O)c(C(C)(C)C)cc1OCCO. The number of ether oxygens (including phenoxy) is 2. The highest BCUT2D eigenvalue weighted by Crippen LogP contribution is 2.43. The van der Waals surface area contributed by atoms with Crippen LogP contribution in [0.2, 0.25) is 0 Å². The van der Waals surface area contributed by atoms with Crippen LogP contribution < -0.4 is 4.74 Å². The van der Waals surface area contributed by atoms with Gasteiger partial charge in [0.25, 0.3) is 0 Å². The van der Waals surface area contributed by atoms with E-state index in [0.29, 0.717) is 18.6 Å². The van der Waals surface area contributed by atoms with Crippen LogP contribution in [0, 0.1) is 12.8 Å². The minimum atomic E-state index is -0.921. The van der Waals surface area contributed by atoms with Crippen molar-refractivity contribution in [2.45, 2.75) is 82.0 Å². The lowest BCUT2D eigenvalue weighted by Crippen LogP contribution is -2.52. The number of cyclic esters (lactones) is 1. The third kappa shape index (κ3) is 6.43. The van der Waals surface area contributed by atoms with Crippen LogP contribution >= 0.6 is 11.8 Å². The predicted octanol–water partition coefficient (Wildman–Crippen LogP) is 5.37. The van der Waals surface area contributed by atoms with E-state index in [1.807, 2.05) is 45.0 Å². The van der Waals surface area contributed by atoms with E-state index in [0.717, 1.165) is 21.6 Å². The van der Waals surface area contributed by atoms with Gasteiger partial charge >= 0.3 is 5.97 Å². The molecule has 2 N–H and O–H groups in total. The van der Waals surface area contributed by atoms with E-state index in [1.165, 1.54) is 11.8 Å². The molecular formula is C29H38O6S. The van der Waals surface area contributed by atoms with Gasteiger partial charge in [0.2, 0.25) is 0 Å². The maximum atomic E-state index is 13.4. The second-order valence-corrected chi connectivity index (χ2v) is 12.0. The number of ketones is 1. The quantitative estimate of drug-likeness (QED) is 0.343. The molecule has 7 heteroatoms. The van der Waals surface area contributed by atoms with E-state index in [-0.39, 0.29) is 42.5 Å². The Labute approximate surface area is 218 Å². The zero-order valence-corrected chi connectivity index (χ0v) is 22.9. The Balaban J connectivity index is 1.83. The van der Waals surface area contributed by atoms with Crippen molar-refractivity contribution in [3.63, 3.8) is 0 Å². The van der Waals surface area contributed by atoms with Crippen LogP contribution in [-0.2, 0) is 26.2 Å². The number of carbonyl (C=O) groups is 2. The molecule has 0 bridgehead atoms. The van der Waals surface area contributed by atoms with Crippen LogP contribution in [0.15, 0.2) is 41.3 Å². The largest absolute Gasteiger partial charge is 0.508 e. The van der Waals surface area contributed by atoms with Gasteiger partial charge < -0.3 is 19.7 Å². The molecule has 3 rings (SSSR count). The number of phenols is 1. The monoisotopic (exact) mass is 514 g/mol. The number of aliphatic hydroxyl groups excluding tert-OH is 1. The summed E-state index contributed by atoms with van der Waals surface area (Å²) in [7, 11) is 0. The number of thioether (sulfide) groups is 1. The molecule has 0 amide bonds. The Kier molecular flexibility index (Phi) is 8.78. The molecule has 1 saturated heterocycles. The molecule has 1 aliphatic rings. The molecule has 0 aliphatic carbocycles. The summed E-state index contributed by atoms with van der Waals surface area (Å²) in [6.45, 7) is 12.2. The van der Waals surface area contributed by atoms with Gasteiger partial charge in [-0.25, -0.2) is 0 Å². The van der Waals surface area contributed by atoms with Crippen molar-refractivity contribution in [2.75, 3.05) is 13.2 Å². The molecule has 2 unspecified atom stereocenters. The van der Waals surface area contributed by atoms with Crippen LogP contribution in [0.4, 0.5) is 0 Å². The molecule has 6 nitrogen and oxygen atoms in total. The average molecular weight is 515 g/mol. The molecule has 1 fully saturated rings. The van der Waals surface area contributed by atoms with Crippen molar-refractivity contribution < 1.29 is 29.3 Å². The van der Waals surface area contributed by atoms with Gasteiger partial charge in [-0.15, -0.1) is 11.8 Å². The molecule has 0 saturated carbocycles. The molecule has 36 heavy (non-hydrogen) atoms. The van der Waals surface area contributed by atoms with Crippen molar-refractivity contribution in [2.24, 2.45) is 5.92 Å². The van der Waals surface area contributed by atoms with Gasteiger partial charge in [-0.1, -0.05) is 46.8 Å². The first-order valence-corrected chi connectivity index (χ1v) is 13.3. The van der Waals surface area contributed by atoms with E-state index < -0.39 is 16.8 Å². The van der Waals surface area contributed by atoms with Gasteiger partial charge in [0.05, 0.1) is 6.61 Å². The first-order chi connectivity index (χ1) is 16.9. The highest BCUT2D eigenvalue weighted by Gasteiger charge is 2.49. The van der Waals surface area contributed by atoms with E-state index in [9.17, 15) is 14.7 Å². The van der Waals surface area contributed by atoms with E-state index in [4.69, 9.17) is 14.6 Å². The molecular weight excluding hydrogens is 476 g/mol. The molecule has 0 spiro atoms. The number of hydrogen-bond donors (Lipinski definition) is 2. The normalized spacial score (nSPS) is 20.5. The van der Waals surface area contributed by atoms with Gasteiger partial charge in [-0.05, 0) is 72.1 Å². The van der Waals surface area contributed by atoms with Crippen LogP contribution in [0.5, 0.6) is 11.5 Å². The number of aromatic hydroxyl groups is 1. The molecule has 2 aromatic carbocycles. The number of Topliss-reactive ketones (excluding diaryl/α,β-unsaturated/α-hetero) is 1. The van der Waals surface area contributed by atoms with Crippen molar-refractivity contribution in [3.8, 4) is 11.5 Å². The first-order valence-electron chi connectivity index (χ1n) is 12.4. The first kappa shape index (κ1) is 28.1. The van der Waals surface area contributed by atoms with Crippen molar-refractivity contribution >= 4 is 23.5 Å². The molecule has 196 valence electrons. The topological polar surface area (TPSA) is 93.1 Å².